The number of aromatic amines is 1. The van der Waals surface area contributed by atoms with Gasteiger partial charge < -0.3 is 19.5 Å². The maximum absolute atomic E-state index is 12.4. The molecule has 1 saturated heterocycles. The molecule has 1 aromatic carbocycles. The first-order valence-corrected chi connectivity index (χ1v) is 10.7. The van der Waals surface area contributed by atoms with Crippen LogP contribution in [0.2, 0.25) is 0 Å². The number of thioether (sulfide) groups is 1. The summed E-state index contributed by atoms with van der Waals surface area (Å²) in [5.74, 6) is 1.13. The quantitative estimate of drug-likeness (QED) is 0.566. The monoisotopic (exact) mass is 422 g/mol. The maximum atomic E-state index is 12.4. The van der Waals surface area contributed by atoms with E-state index in [4.69, 9.17) is 14.2 Å². The molecule has 29 heavy (non-hydrogen) atoms. The number of nitrogens with zero attached hydrogens (tertiary/aromatic N) is 2. The van der Waals surface area contributed by atoms with Crippen LogP contribution in [0.1, 0.15) is 26.7 Å². The third-order valence-corrected chi connectivity index (χ3v) is 5.27. The summed E-state index contributed by atoms with van der Waals surface area (Å²) in [6.07, 6.45) is 1.93. The molecule has 1 fully saturated rings. The Bertz CT molecular complexity index is 876. The Labute approximate surface area is 173 Å². The van der Waals surface area contributed by atoms with Gasteiger partial charge >= 0.3 is 5.69 Å². The number of hydrogen-bond acceptors (Lipinski definition) is 7. The topological polar surface area (TPSA) is 107 Å². The first-order valence-electron chi connectivity index (χ1n) is 9.69. The van der Waals surface area contributed by atoms with Crippen LogP contribution in [0, 0.1) is 0 Å². The molecule has 0 radical (unpaired) electrons. The highest BCUT2D eigenvalue weighted by molar-refractivity contribution is 7.99. The van der Waals surface area contributed by atoms with Gasteiger partial charge in [0.2, 0.25) is 5.91 Å². The van der Waals surface area contributed by atoms with Crippen molar-refractivity contribution in [3.63, 3.8) is 0 Å². The predicted octanol–water partition coefficient (Wildman–Crippen LogP) is 2.28. The van der Waals surface area contributed by atoms with Crippen molar-refractivity contribution in [2.24, 2.45) is 0 Å². The number of carbonyl (C=O) groups excluding carboxylic acids is 1. The normalized spacial score (nSPS) is 16.0. The molecule has 1 aliphatic rings. The predicted molar refractivity (Wildman–Crippen MR) is 110 cm³/mol. The van der Waals surface area contributed by atoms with Crippen molar-refractivity contribution in [1.29, 1.82) is 0 Å². The molecular formula is C19H26N4O5S. The maximum Gasteiger partial charge on any atom is 0.344 e. The molecule has 2 N–H and O–H groups in total. The third-order valence-electron chi connectivity index (χ3n) is 4.29. The first kappa shape index (κ1) is 21.3. The number of hydrogen-bond donors (Lipinski definition) is 2. The van der Waals surface area contributed by atoms with E-state index in [2.05, 4.69) is 15.5 Å². The average Bonchev–Trinajstić information content (AvgIpc) is 3.34. The van der Waals surface area contributed by atoms with E-state index in [0.29, 0.717) is 48.7 Å². The lowest BCUT2D eigenvalue weighted by Gasteiger charge is -2.13. The fourth-order valence-electron chi connectivity index (χ4n) is 3.02. The summed E-state index contributed by atoms with van der Waals surface area (Å²) in [5.41, 5.74) is 0.317. The molecule has 3 rings (SSSR count). The van der Waals surface area contributed by atoms with E-state index in [1.54, 1.807) is 18.2 Å². The van der Waals surface area contributed by atoms with Crippen molar-refractivity contribution in [1.82, 2.24) is 14.8 Å². The van der Waals surface area contributed by atoms with Crippen LogP contribution in [0.3, 0.4) is 0 Å². The Kier molecular flexibility index (Phi) is 7.59. The van der Waals surface area contributed by atoms with E-state index in [1.807, 2.05) is 13.8 Å². The lowest BCUT2D eigenvalue weighted by molar-refractivity contribution is -0.113. The van der Waals surface area contributed by atoms with Crippen LogP contribution in [0.15, 0.2) is 28.2 Å². The number of aromatic nitrogens is 3. The van der Waals surface area contributed by atoms with Gasteiger partial charge in [0.25, 0.3) is 0 Å². The fraction of sp³-hybridized carbons (Fsp3) is 0.526. The first-order chi connectivity index (χ1) is 14.1. The number of H-pyrrole nitrogens is 1. The van der Waals surface area contributed by atoms with Crippen LogP contribution in [0.5, 0.6) is 11.5 Å². The second kappa shape index (κ2) is 10.4. The molecule has 158 valence electrons. The SMILES string of the molecule is CCOc1ccc(NC(=O)CSc2n[nH]c(=O)n2C[C@H]2CCCO2)cc1OCC. The minimum absolute atomic E-state index is 0.0133. The Morgan fingerprint density at radius 2 is 2.14 bits per heavy atom. The van der Waals surface area contributed by atoms with Crippen LogP contribution >= 0.6 is 11.8 Å². The summed E-state index contributed by atoms with van der Waals surface area (Å²) in [7, 11) is 0. The van der Waals surface area contributed by atoms with E-state index in [1.165, 1.54) is 16.3 Å². The van der Waals surface area contributed by atoms with E-state index >= 15 is 0 Å². The molecular weight excluding hydrogens is 396 g/mol. The minimum Gasteiger partial charge on any atom is -0.490 e. The zero-order valence-corrected chi connectivity index (χ0v) is 17.4. The van der Waals surface area contributed by atoms with Gasteiger partial charge in [-0.05, 0) is 38.8 Å². The summed E-state index contributed by atoms with van der Waals surface area (Å²) in [6, 6.07) is 5.27. The summed E-state index contributed by atoms with van der Waals surface area (Å²) in [6.45, 7) is 5.96. The summed E-state index contributed by atoms with van der Waals surface area (Å²) >= 11 is 1.20. The zero-order valence-electron chi connectivity index (χ0n) is 16.6. The Morgan fingerprint density at radius 1 is 1.34 bits per heavy atom. The standard InChI is InChI=1S/C19H26N4O5S/c1-3-26-15-8-7-13(10-16(15)27-4-2)20-17(24)12-29-19-22-21-18(25)23(19)11-14-6-5-9-28-14/h7-8,10,14H,3-6,9,11-12H2,1-2H3,(H,20,24)(H,21,25)/t14-/m1/s1. The molecule has 0 spiro atoms. The van der Waals surface area contributed by atoms with Crippen LogP contribution in [0.4, 0.5) is 5.69 Å². The van der Waals surface area contributed by atoms with E-state index in [-0.39, 0.29) is 23.5 Å². The van der Waals surface area contributed by atoms with Gasteiger partial charge in [0.15, 0.2) is 16.7 Å². The molecule has 1 amide bonds. The molecule has 0 aliphatic carbocycles. The summed E-state index contributed by atoms with van der Waals surface area (Å²) in [4.78, 5) is 24.4. The van der Waals surface area contributed by atoms with Crippen LogP contribution in [0.25, 0.3) is 0 Å². The molecule has 2 aromatic rings. The molecule has 0 bridgehead atoms. The van der Waals surface area contributed by atoms with E-state index in [0.717, 1.165) is 12.8 Å². The number of benzene rings is 1. The van der Waals surface area contributed by atoms with Crippen molar-refractivity contribution >= 4 is 23.4 Å². The Balaban J connectivity index is 1.59. The van der Waals surface area contributed by atoms with Crippen LogP contribution in [-0.2, 0) is 16.1 Å². The van der Waals surface area contributed by atoms with E-state index < -0.39 is 0 Å². The average molecular weight is 423 g/mol. The third kappa shape index (κ3) is 5.77. The van der Waals surface area contributed by atoms with Gasteiger partial charge in [0.05, 0.1) is 31.6 Å². The number of nitrogens with one attached hydrogen (secondary N) is 2. The van der Waals surface area contributed by atoms with Gasteiger partial charge in [0.1, 0.15) is 0 Å². The van der Waals surface area contributed by atoms with Crippen LogP contribution in [-0.4, -0.2) is 52.3 Å². The molecule has 1 aliphatic heterocycles. The van der Waals surface area contributed by atoms with Gasteiger partial charge in [-0.2, -0.15) is 0 Å². The van der Waals surface area contributed by atoms with E-state index in [9.17, 15) is 9.59 Å². The van der Waals surface area contributed by atoms with Crippen molar-refractivity contribution in [3.8, 4) is 11.5 Å². The Hall–Kier alpha value is -2.46. The molecule has 1 atom stereocenters. The number of ether oxygens (including phenoxy) is 3. The molecule has 1 aromatic heterocycles. The van der Waals surface area contributed by atoms with Crippen LogP contribution < -0.4 is 20.5 Å². The smallest absolute Gasteiger partial charge is 0.344 e. The highest BCUT2D eigenvalue weighted by Gasteiger charge is 2.20. The summed E-state index contributed by atoms with van der Waals surface area (Å²) < 4.78 is 18.2. The largest absolute Gasteiger partial charge is 0.490 e. The zero-order chi connectivity index (χ0) is 20.6. The molecule has 0 saturated carbocycles. The highest BCUT2D eigenvalue weighted by atomic mass is 32.2. The van der Waals surface area contributed by atoms with Gasteiger partial charge in [-0.15, -0.1) is 5.10 Å². The lowest BCUT2D eigenvalue weighted by Crippen LogP contribution is -2.25. The minimum atomic E-state index is -0.295. The van der Waals surface area contributed by atoms with Gasteiger partial charge in [0, 0.05) is 18.4 Å². The number of amides is 1. The van der Waals surface area contributed by atoms with Crippen molar-refractivity contribution in [3.05, 3.63) is 28.7 Å². The van der Waals surface area contributed by atoms with Gasteiger partial charge in [-0.25, -0.2) is 9.89 Å². The number of anilines is 1. The second-order valence-corrected chi connectivity index (χ2v) is 7.36. The molecule has 10 heteroatoms. The Morgan fingerprint density at radius 3 is 2.86 bits per heavy atom. The van der Waals surface area contributed by atoms with Gasteiger partial charge in [-0.1, -0.05) is 11.8 Å². The molecule has 2 heterocycles. The highest BCUT2D eigenvalue weighted by Crippen LogP contribution is 2.30. The summed E-state index contributed by atoms with van der Waals surface area (Å²) in [5, 5.41) is 9.78. The fourth-order valence-corrected chi connectivity index (χ4v) is 3.78. The van der Waals surface area contributed by atoms with Crippen molar-refractivity contribution < 1.29 is 19.0 Å². The van der Waals surface area contributed by atoms with Gasteiger partial charge in [-0.3, -0.25) is 9.36 Å². The molecule has 0 unspecified atom stereocenters. The second-order valence-electron chi connectivity index (χ2n) is 6.42. The van der Waals surface area contributed by atoms with Crippen molar-refractivity contribution in [2.45, 2.75) is 44.5 Å². The number of rotatable bonds is 10. The number of carbonyl (C=O) groups is 1. The molecule has 9 nitrogen and oxygen atoms in total. The lowest BCUT2D eigenvalue weighted by atomic mass is 10.2. The van der Waals surface area contributed by atoms with Crippen molar-refractivity contribution in [2.75, 3.05) is 30.9 Å².